The van der Waals surface area contributed by atoms with Gasteiger partial charge >= 0.3 is 12.1 Å². The first-order valence-corrected chi connectivity index (χ1v) is 8.22. The maximum absolute atomic E-state index is 12.4. The van der Waals surface area contributed by atoms with Gasteiger partial charge in [0.25, 0.3) is 0 Å². The van der Waals surface area contributed by atoms with E-state index in [0.29, 0.717) is 49.8 Å². The Labute approximate surface area is 146 Å². The number of fused-ring (bicyclic) bond motifs is 1. The van der Waals surface area contributed by atoms with Gasteiger partial charge in [-0.1, -0.05) is 0 Å². The molecule has 0 bridgehead atoms. The van der Waals surface area contributed by atoms with Crippen LogP contribution in [0.2, 0.25) is 0 Å². The minimum atomic E-state index is -0.480. The van der Waals surface area contributed by atoms with Crippen molar-refractivity contribution in [3.63, 3.8) is 0 Å². The number of hydrogen-bond acceptors (Lipinski definition) is 7. The molecule has 8 heteroatoms. The highest BCUT2D eigenvalue weighted by molar-refractivity contribution is 5.98. The van der Waals surface area contributed by atoms with Crippen LogP contribution in [0.15, 0.2) is 12.1 Å². The first-order chi connectivity index (χ1) is 12.1. The van der Waals surface area contributed by atoms with Crippen LogP contribution in [-0.2, 0) is 9.47 Å². The summed E-state index contributed by atoms with van der Waals surface area (Å²) in [6, 6.07) is 3.59. The maximum Gasteiger partial charge on any atom is 0.409 e. The van der Waals surface area contributed by atoms with Crippen LogP contribution in [0.1, 0.15) is 29.1 Å². The Morgan fingerprint density at radius 3 is 2.52 bits per heavy atom. The summed E-state index contributed by atoms with van der Waals surface area (Å²) in [7, 11) is 3.02. The van der Waals surface area contributed by atoms with Gasteiger partial charge in [0.15, 0.2) is 17.7 Å². The number of piperazine rings is 1. The van der Waals surface area contributed by atoms with E-state index in [0.717, 1.165) is 5.56 Å². The van der Waals surface area contributed by atoms with E-state index in [1.54, 1.807) is 17.9 Å². The van der Waals surface area contributed by atoms with Crippen LogP contribution in [0.25, 0.3) is 0 Å². The van der Waals surface area contributed by atoms with Gasteiger partial charge in [0.1, 0.15) is 5.56 Å². The van der Waals surface area contributed by atoms with E-state index in [4.69, 9.17) is 18.9 Å². The second kappa shape index (κ2) is 7.18. The van der Waals surface area contributed by atoms with E-state index in [2.05, 4.69) is 0 Å². The summed E-state index contributed by atoms with van der Waals surface area (Å²) in [5.74, 6) is 0.451. The largest absolute Gasteiger partial charge is 0.493 e. The Bertz CT molecular complexity index is 669. The lowest BCUT2D eigenvalue weighted by atomic mass is 10.1. The number of ether oxygens (including phenoxy) is 4. The summed E-state index contributed by atoms with van der Waals surface area (Å²) in [5.41, 5.74) is 1.16. The van der Waals surface area contributed by atoms with Gasteiger partial charge in [-0.2, -0.15) is 0 Å². The van der Waals surface area contributed by atoms with Gasteiger partial charge in [0.05, 0.1) is 20.8 Å². The third-order valence-corrected chi connectivity index (χ3v) is 4.44. The van der Waals surface area contributed by atoms with Gasteiger partial charge in [-0.05, 0) is 19.1 Å². The molecule has 0 spiro atoms. The molecule has 0 radical (unpaired) electrons. The summed E-state index contributed by atoms with van der Waals surface area (Å²) in [5, 5.41) is 0. The summed E-state index contributed by atoms with van der Waals surface area (Å²) in [4.78, 5) is 27.8. The predicted octanol–water partition coefficient (Wildman–Crippen LogP) is 1.65. The molecule has 2 aliphatic rings. The maximum atomic E-state index is 12.4. The molecule has 0 N–H and O–H groups in total. The molecule has 3 rings (SSSR count). The van der Waals surface area contributed by atoms with Gasteiger partial charge < -0.3 is 23.8 Å². The second-order valence-corrected chi connectivity index (χ2v) is 5.74. The Kier molecular flexibility index (Phi) is 4.98. The summed E-state index contributed by atoms with van der Waals surface area (Å²) < 4.78 is 21.2. The normalized spacial score (nSPS) is 20.0. The van der Waals surface area contributed by atoms with Crippen molar-refractivity contribution in [1.82, 2.24) is 9.80 Å². The lowest BCUT2D eigenvalue weighted by molar-refractivity contribution is -0.0402. The molecule has 136 valence electrons. The number of esters is 1. The second-order valence-electron chi connectivity index (χ2n) is 5.74. The number of hydrogen-bond donors (Lipinski definition) is 0. The van der Waals surface area contributed by atoms with E-state index >= 15 is 0 Å². The summed E-state index contributed by atoms with van der Waals surface area (Å²) >= 11 is 0. The molecule has 1 aromatic carbocycles. The summed E-state index contributed by atoms with van der Waals surface area (Å²) in [6.45, 7) is 4.36. The van der Waals surface area contributed by atoms with E-state index in [9.17, 15) is 9.59 Å². The minimum Gasteiger partial charge on any atom is -0.493 e. The molecular weight excluding hydrogens is 328 g/mol. The molecule has 0 saturated carbocycles. The molecule has 1 aromatic rings. The van der Waals surface area contributed by atoms with Gasteiger partial charge in [-0.25, -0.2) is 9.59 Å². The number of nitrogens with zero attached hydrogens (tertiary/aromatic N) is 2. The number of amides is 1. The minimum absolute atomic E-state index is 0.308. The van der Waals surface area contributed by atoms with E-state index in [1.165, 1.54) is 14.2 Å². The standard InChI is InChI=1S/C17H22N2O6/c1-4-24-17(21)19-9-7-18(8-10-19)15-11-5-6-12(22-2)14(23-3)13(11)16(20)25-15/h5-6,15H,4,7-10H2,1-3H3. The highest BCUT2D eigenvalue weighted by Crippen LogP contribution is 2.43. The lowest BCUT2D eigenvalue weighted by Crippen LogP contribution is -2.49. The number of benzene rings is 1. The summed E-state index contributed by atoms with van der Waals surface area (Å²) in [6.07, 6.45) is -0.788. The number of carbonyl (C=O) groups excluding carboxylic acids is 2. The van der Waals surface area contributed by atoms with Crippen LogP contribution < -0.4 is 9.47 Å². The highest BCUT2D eigenvalue weighted by atomic mass is 16.6. The number of carbonyl (C=O) groups is 2. The average molecular weight is 350 g/mol. The van der Waals surface area contributed by atoms with Crippen LogP contribution in [0.5, 0.6) is 11.5 Å². The number of rotatable bonds is 4. The SMILES string of the molecule is CCOC(=O)N1CCN(C2OC(=O)c3c2ccc(OC)c3OC)CC1. The van der Waals surface area contributed by atoms with Gasteiger partial charge in [-0.3, -0.25) is 4.90 Å². The topological polar surface area (TPSA) is 77.5 Å². The van der Waals surface area contributed by atoms with Crippen molar-refractivity contribution in [2.24, 2.45) is 0 Å². The zero-order chi connectivity index (χ0) is 18.0. The molecule has 2 aliphatic heterocycles. The lowest BCUT2D eigenvalue weighted by Gasteiger charge is -2.36. The zero-order valence-corrected chi connectivity index (χ0v) is 14.6. The van der Waals surface area contributed by atoms with Crippen LogP contribution >= 0.6 is 0 Å². The Hall–Kier alpha value is -2.48. The molecule has 2 heterocycles. The fraction of sp³-hybridized carbons (Fsp3) is 0.529. The van der Waals surface area contributed by atoms with Crippen molar-refractivity contribution in [1.29, 1.82) is 0 Å². The highest BCUT2D eigenvalue weighted by Gasteiger charge is 2.40. The third kappa shape index (κ3) is 3.09. The van der Waals surface area contributed by atoms with Gasteiger partial charge in [-0.15, -0.1) is 0 Å². The van der Waals surface area contributed by atoms with Crippen LogP contribution in [0.4, 0.5) is 4.79 Å². The zero-order valence-electron chi connectivity index (χ0n) is 14.6. The molecule has 1 atom stereocenters. The molecule has 0 aliphatic carbocycles. The first-order valence-electron chi connectivity index (χ1n) is 8.22. The predicted molar refractivity (Wildman–Crippen MR) is 87.9 cm³/mol. The molecule has 8 nitrogen and oxygen atoms in total. The monoisotopic (exact) mass is 350 g/mol. The van der Waals surface area contributed by atoms with E-state index in [1.807, 2.05) is 11.0 Å². The first kappa shape index (κ1) is 17.3. The van der Waals surface area contributed by atoms with Crippen LogP contribution in [0.3, 0.4) is 0 Å². The van der Waals surface area contributed by atoms with Crippen molar-refractivity contribution >= 4 is 12.1 Å². The van der Waals surface area contributed by atoms with Crippen LogP contribution in [-0.4, -0.2) is 68.9 Å². The Balaban J connectivity index is 1.77. The van der Waals surface area contributed by atoms with Crippen molar-refractivity contribution in [2.45, 2.75) is 13.2 Å². The Morgan fingerprint density at radius 2 is 1.92 bits per heavy atom. The van der Waals surface area contributed by atoms with E-state index in [-0.39, 0.29) is 6.09 Å². The fourth-order valence-corrected chi connectivity index (χ4v) is 3.21. The smallest absolute Gasteiger partial charge is 0.409 e. The number of methoxy groups -OCH3 is 2. The quantitative estimate of drug-likeness (QED) is 0.764. The van der Waals surface area contributed by atoms with Crippen molar-refractivity contribution < 1.29 is 28.5 Å². The molecular formula is C17H22N2O6. The fourth-order valence-electron chi connectivity index (χ4n) is 3.21. The van der Waals surface area contributed by atoms with Gasteiger partial charge in [0, 0.05) is 31.7 Å². The third-order valence-electron chi connectivity index (χ3n) is 4.44. The Morgan fingerprint density at radius 1 is 1.20 bits per heavy atom. The van der Waals surface area contributed by atoms with Gasteiger partial charge in [0.2, 0.25) is 0 Å². The van der Waals surface area contributed by atoms with E-state index < -0.39 is 12.2 Å². The van der Waals surface area contributed by atoms with Crippen molar-refractivity contribution in [3.8, 4) is 11.5 Å². The number of cyclic esters (lactones) is 1. The molecule has 1 amide bonds. The van der Waals surface area contributed by atoms with Crippen LogP contribution in [0, 0.1) is 0 Å². The molecule has 0 aromatic heterocycles. The van der Waals surface area contributed by atoms with Crippen molar-refractivity contribution in [3.05, 3.63) is 23.3 Å². The molecule has 1 saturated heterocycles. The molecule has 25 heavy (non-hydrogen) atoms. The van der Waals surface area contributed by atoms with Crippen molar-refractivity contribution in [2.75, 3.05) is 47.0 Å². The average Bonchev–Trinajstić information content (AvgIpc) is 2.98. The molecule has 1 fully saturated rings. The molecule has 1 unspecified atom stereocenters.